The smallest absolute Gasteiger partial charge is 0.321 e. The quantitative estimate of drug-likeness (QED) is 0.885. The first-order valence-electron chi connectivity index (χ1n) is 8.23. The number of hydrogen-bond donors (Lipinski definition) is 2. The van der Waals surface area contributed by atoms with Gasteiger partial charge in [0.25, 0.3) is 0 Å². The van der Waals surface area contributed by atoms with Gasteiger partial charge in [-0.05, 0) is 42.3 Å². The zero-order chi connectivity index (χ0) is 17.4. The molecular formula is C19H19N3O3. The molecule has 25 heavy (non-hydrogen) atoms. The number of nitrogens with zero attached hydrogens (tertiary/aromatic N) is 1. The van der Waals surface area contributed by atoms with Crippen LogP contribution in [0.3, 0.4) is 0 Å². The van der Waals surface area contributed by atoms with Gasteiger partial charge in [-0.25, -0.2) is 4.79 Å². The van der Waals surface area contributed by atoms with Gasteiger partial charge in [0.1, 0.15) is 5.75 Å². The fraction of sp³-hybridized carbons (Fsp3) is 0.263. The minimum Gasteiger partial charge on any atom is -0.497 e. The van der Waals surface area contributed by atoms with Gasteiger partial charge in [-0.15, -0.1) is 0 Å². The molecule has 4 rings (SSSR count). The predicted octanol–water partition coefficient (Wildman–Crippen LogP) is 2.82. The molecule has 0 radical (unpaired) electrons. The average molecular weight is 337 g/mol. The average Bonchev–Trinajstić information content (AvgIpc) is 3.20. The lowest BCUT2D eigenvalue weighted by Gasteiger charge is -2.22. The SMILES string of the molecule is COc1ccc(NC(=O)N2CC[C@]3(C2)C(=O)Nc2ccccc23)cc1. The van der Waals surface area contributed by atoms with Gasteiger partial charge in [0, 0.05) is 24.5 Å². The van der Waals surface area contributed by atoms with Crippen LogP contribution in [0.1, 0.15) is 12.0 Å². The Balaban J connectivity index is 1.50. The number of fused-ring (bicyclic) bond motifs is 2. The number of rotatable bonds is 2. The van der Waals surface area contributed by atoms with Crippen LogP contribution in [0.25, 0.3) is 0 Å². The lowest BCUT2D eigenvalue weighted by atomic mass is 9.81. The summed E-state index contributed by atoms with van der Waals surface area (Å²) in [7, 11) is 1.60. The van der Waals surface area contributed by atoms with E-state index in [4.69, 9.17) is 4.74 Å². The summed E-state index contributed by atoms with van der Waals surface area (Å²) in [5, 5.41) is 5.82. The second kappa shape index (κ2) is 5.81. The van der Waals surface area contributed by atoms with E-state index in [1.807, 2.05) is 24.3 Å². The van der Waals surface area contributed by atoms with E-state index in [9.17, 15) is 9.59 Å². The Morgan fingerprint density at radius 3 is 2.72 bits per heavy atom. The highest BCUT2D eigenvalue weighted by atomic mass is 16.5. The molecule has 2 aliphatic heterocycles. The summed E-state index contributed by atoms with van der Waals surface area (Å²) < 4.78 is 5.11. The second-order valence-corrected chi connectivity index (χ2v) is 6.41. The molecule has 6 heteroatoms. The van der Waals surface area contributed by atoms with Crippen LogP contribution < -0.4 is 15.4 Å². The summed E-state index contributed by atoms with van der Waals surface area (Å²) >= 11 is 0. The zero-order valence-electron chi connectivity index (χ0n) is 13.9. The number of nitrogens with one attached hydrogen (secondary N) is 2. The summed E-state index contributed by atoms with van der Waals surface area (Å²) in [6.45, 7) is 0.932. The molecular weight excluding hydrogens is 318 g/mol. The number of methoxy groups -OCH3 is 1. The molecule has 0 unspecified atom stereocenters. The number of benzene rings is 2. The Morgan fingerprint density at radius 1 is 1.20 bits per heavy atom. The number of urea groups is 1. The molecule has 1 atom stereocenters. The number of carbonyl (C=O) groups excluding carboxylic acids is 2. The molecule has 2 aliphatic rings. The van der Waals surface area contributed by atoms with Gasteiger partial charge in [0.15, 0.2) is 0 Å². The maximum atomic E-state index is 12.6. The lowest BCUT2D eigenvalue weighted by molar-refractivity contribution is -0.120. The van der Waals surface area contributed by atoms with E-state index < -0.39 is 5.41 Å². The summed E-state index contributed by atoms with van der Waals surface area (Å²) in [4.78, 5) is 26.8. The van der Waals surface area contributed by atoms with Gasteiger partial charge in [-0.2, -0.15) is 0 Å². The number of carbonyl (C=O) groups is 2. The van der Waals surface area contributed by atoms with Crippen LogP contribution in [0.15, 0.2) is 48.5 Å². The van der Waals surface area contributed by atoms with Crippen molar-refractivity contribution in [3.05, 3.63) is 54.1 Å². The zero-order valence-corrected chi connectivity index (χ0v) is 13.9. The summed E-state index contributed by atoms with van der Waals surface area (Å²) in [6.07, 6.45) is 0.631. The van der Waals surface area contributed by atoms with Crippen LogP contribution in [-0.2, 0) is 10.2 Å². The van der Waals surface area contributed by atoms with Crippen molar-refractivity contribution in [1.82, 2.24) is 4.90 Å². The van der Waals surface area contributed by atoms with Crippen LogP contribution >= 0.6 is 0 Å². The number of hydrogen-bond acceptors (Lipinski definition) is 3. The highest BCUT2D eigenvalue weighted by Gasteiger charge is 2.51. The van der Waals surface area contributed by atoms with Gasteiger partial charge in [-0.3, -0.25) is 4.79 Å². The van der Waals surface area contributed by atoms with Crippen molar-refractivity contribution in [2.75, 3.05) is 30.8 Å². The lowest BCUT2D eigenvalue weighted by Crippen LogP contribution is -2.40. The van der Waals surface area contributed by atoms with Crippen LogP contribution in [-0.4, -0.2) is 37.0 Å². The predicted molar refractivity (Wildman–Crippen MR) is 95.0 cm³/mol. The first-order valence-corrected chi connectivity index (χ1v) is 8.23. The van der Waals surface area contributed by atoms with Gasteiger partial charge >= 0.3 is 6.03 Å². The van der Waals surface area contributed by atoms with E-state index in [1.54, 1.807) is 36.3 Å². The number of ether oxygens (including phenoxy) is 1. The van der Waals surface area contributed by atoms with Gasteiger partial charge in [-0.1, -0.05) is 18.2 Å². The van der Waals surface area contributed by atoms with E-state index in [2.05, 4.69) is 10.6 Å². The summed E-state index contributed by atoms with van der Waals surface area (Å²) in [5.74, 6) is 0.714. The molecule has 1 fully saturated rings. The third kappa shape index (κ3) is 2.50. The maximum absolute atomic E-state index is 12.6. The van der Waals surface area contributed by atoms with Crippen molar-refractivity contribution < 1.29 is 14.3 Å². The first kappa shape index (κ1) is 15.5. The Bertz CT molecular complexity index is 834. The molecule has 128 valence electrons. The Morgan fingerprint density at radius 2 is 1.96 bits per heavy atom. The molecule has 0 aromatic heterocycles. The third-order valence-electron chi connectivity index (χ3n) is 5.02. The van der Waals surface area contributed by atoms with Gasteiger partial charge < -0.3 is 20.3 Å². The molecule has 2 N–H and O–H groups in total. The monoisotopic (exact) mass is 337 g/mol. The largest absolute Gasteiger partial charge is 0.497 e. The summed E-state index contributed by atoms with van der Waals surface area (Å²) in [6, 6.07) is 14.7. The van der Waals surface area contributed by atoms with Crippen molar-refractivity contribution in [3.8, 4) is 5.75 Å². The fourth-order valence-corrected chi connectivity index (χ4v) is 3.64. The molecule has 2 aromatic rings. The number of anilines is 2. The minimum absolute atomic E-state index is 0.0200. The molecule has 0 saturated carbocycles. The molecule has 3 amide bonds. The molecule has 2 heterocycles. The summed E-state index contributed by atoms with van der Waals surface area (Å²) in [5.41, 5.74) is 1.90. The maximum Gasteiger partial charge on any atom is 0.321 e. The van der Waals surface area contributed by atoms with Crippen molar-refractivity contribution in [1.29, 1.82) is 0 Å². The Hall–Kier alpha value is -3.02. The van der Waals surface area contributed by atoms with Gasteiger partial charge in [0.2, 0.25) is 5.91 Å². The van der Waals surface area contributed by atoms with Crippen LogP contribution in [0.2, 0.25) is 0 Å². The Kier molecular flexibility index (Phi) is 3.60. The second-order valence-electron chi connectivity index (χ2n) is 6.41. The van der Waals surface area contributed by atoms with Crippen molar-refractivity contribution in [2.24, 2.45) is 0 Å². The topological polar surface area (TPSA) is 70.7 Å². The third-order valence-corrected chi connectivity index (χ3v) is 5.02. The van der Waals surface area contributed by atoms with Crippen LogP contribution in [0, 0.1) is 0 Å². The molecule has 0 bridgehead atoms. The minimum atomic E-state index is -0.631. The molecule has 0 aliphatic carbocycles. The number of likely N-dealkylation sites (tertiary alicyclic amines) is 1. The number of amides is 3. The fourth-order valence-electron chi connectivity index (χ4n) is 3.64. The molecule has 1 saturated heterocycles. The molecule has 1 spiro atoms. The van der Waals surface area contributed by atoms with Crippen molar-refractivity contribution >= 4 is 23.3 Å². The van der Waals surface area contributed by atoms with Crippen LogP contribution in [0.5, 0.6) is 5.75 Å². The highest BCUT2D eigenvalue weighted by molar-refractivity contribution is 6.07. The number of para-hydroxylation sites is 1. The van der Waals surface area contributed by atoms with Crippen molar-refractivity contribution in [2.45, 2.75) is 11.8 Å². The Labute approximate surface area is 145 Å². The molecule has 6 nitrogen and oxygen atoms in total. The van der Waals surface area contributed by atoms with E-state index >= 15 is 0 Å². The van der Waals surface area contributed by atoms with Crippen molar-refractivity contribution in [3.63, 3.8) is 0 Å². The van der Waals surface area contributed by atoms with Crippen LogP contribution in [0.4, 0.5) is 16.2 Å². The molecule has 2 aromatic carbocycles. The van der Waals surface area contributed by atoms with E-state index in [0.29, 0.717) is 25.2 Å². The normalized spacial score (nSPS) is 21.2. The van der Waals surface area contributed by atoms with Gasteiger partial charge in [0.05, 0.1) is 12.5 Å². The van der Waals surface area contributed by atoms with E-state index in [1.165, 1.54) is 0 Å². The highest BCUT2D eigenvalue weighted by Crippen LogP contribution is 2.44. The first-order chi connectivity index (χ1) is 12.1. The van der Waals surface area contributed by atoms with E-state index in [-0.39, 0.29) is 11.9 Å². The van der Waals surface area contributed by atoms with E-state index in [0.717, 1.165) is 17.0 Å². The standard InChI is InChI=1S/C19H19N3O3/c1-25-14-8-6-13(7-9-14)20-18(24)22-11-10-19(12-22)15-4-2-3-5-16(15)21-17(19)23/h2-9H,10-12H2,1H3,(H,20,24)(H,21,23)/t19-/m1/s1.